The first-order chi connectivity index (χ1) is 12.7. The summed E-state index contributed by atoms with van der Waals surface area (Å²) in [6, 6.07) is 10.8. The Labute approximate surface area is 159 Å². The minimum atomic E-state index is -4.08. The van der Waals surface area contributed by atoms with E-state index in [2.05, 4.69) is 5.32 Å². The summed E-state index contributed by atoms with van der Waals surface area (Å²) in [7, 11) is -4.08. The first-order valence-electron chi connectivity index (χ1n) is 8.71. The van der Waals surface area contributed by atoms with E-state index >= 15 is 0 Å². The number of nitrogens with zero attached hydrogens (tertiary/aromatic N) is 1. The van der Waals surface area contributed by atoms with Gasteiger partial charge in [-0.1, -0.05) is 23.8 Å². The topological polar surface area (TPSA) is 83.6 Å². The third kappa shape index (κ3) is 3.88. The fraction of sp³-hybridized carbons (Fsp3) is 0.300. The summed E-state index contributed by atoms with van der Waals surface area (Å²) in [4.78, 5) is 25.1. The first-order valence-corrected chi connectivity index (χ1v) is 10.2. The number of rotatable bonds is 4. The molecule has 0 unspecified atom stereocenters. The van der Waals surface area contributed by atoms with Gasteiger partial charge in [-0.2, -0.15) is 0 Å². The van der Waals surface area contributed by atoms with Gasteiger partial charge in [-0.05, 0) is 62.6 Å². The second-order valence-electron chi connectivity index (χ2n) is 6.93. The molecule has 1 aliphatic rings. The molecule has 0 bridgehead atoms. The van der Waals surface area contributed by atoms with Crippen molar-refractivity contribution in [3.8, 4) is 0 Å². The van der Waals surface area contributed by atoms with Crippen molar-refractivity contribution in [1.82, 2.24) is 4.31 Å². The van der Waals surface area contributed by atoms with Gasteiger partial charge in [0.15, 0.2) is 0 Å². The van der Waals surface area contributed by atoms with Gasteiger partial charge in [0, 0.05) is 12.1 Å². The lowest BCUT2D eigenvalue weighted by atomic mass is 10.1. The smallest absolute Gasteiger partial charge is 0.267 e. The number of carbonyl (C=O) groups is 2. The van der Waals surface area contributed by atoms with Crippen molar-refractivity contribution >= 4 is 27.5 Å². The number of anilines is 1. The van der Waals surface area contributed by atoms with E-state index < -0.39 is 27.9 Å². The van der Waals surface area contributed by atoms with Crippen molar-refractivity contribution < 1.29 is 18.0 Å². The summed E-state index contributed by atoms with van der Waals surface area (Å²) in [5.41, 5.74) is 3.46. The molecule has 0 radical (unpaired) electrons. The van der Waals surface area contributed by atoms with Crippen LogP contribution >= 0.6 is 0 Å². The average molecular weight is 386 g/mol. The predicted octanol–water partition coefficient (Wildman–Crippen LogP) is 2.93. The number of hydrogen-bond donors (Lipinski definition) is 1. The largest absolute Gasteiger partial charge is 0.324 e. The summed E-state index contributed by atoms with van der Waals surface area (Å²) in [6.45, 7) is 5.67. The molecular formula is C20H22N2O4S. The van der Waals surface area contributed by atoms with E-state index in [4.69, 9.17) is 0 Å². The zero-order valence-electron chi connectivity index (χ0n) is 15.5. The predicted molar refractivity (Wildman–Crippen MR) is 103 cm³/mol. The molecule has 1 N–H and O–H groups in total. The van der Waals surface area contributed by atoms with Gasteiger partial charge in [0.05, 0.1) is 4.90 Å². The molecule has 142 valence electrons. The van der Waals surface area contributed by atoms with E-state index in [9.17, 15) is 18.0 Å². The maximum Gasteiger partial charge on any atom is 0.267 e. The number of amides is 2. The average Bonchev–Trinajstić information content (AvgIpc) is 2.97. The Morgan fingerprint density at radius 2 is 1.59 bits per heavy atom. The third-order valence-electron chi connectivity index (χ3n) is 4.53. The molecule has 1 heterocycles. The lowest BCUT2D eigenvalue weighted by Crippen LogP contribution is -2.45. The number of sulfonamides is 1. The lowest BCUT2D eigenvalue weighted by molar-refractivity contribution is -0.128. The number of hydrogen-bond acceptors (Lipinski definition) is 4. The minimum absolute atomic E-state index is 0.00699. The SMILES string of the molecule is Cc1ccc(S(=O)(=O)N2C(=O)CC[C@H]2C(=O)Nc2cc(C)cc(C)c2)cc1. The summed E-state index contributed by atoms with van der Waals surface area (Å²) in [5.74, 6) is -1.06. The lowest BCUT2D eigenvalue weighted by Gasteiger charge is -2.24. The van der Waals surface area contributed by atoms with Crippen molar-refractivity contribution in [2.45, 2.75) is 44.6 Å². The van der Waals surface area contributed by atoms with Gasteiger partial charge >= 0.3 is 0 Å². The Morgan fingerprint density at radius 3 is 2.19 bits per heavy atom. The van der Waals surface area contributed by atoms with Crippen LogP contribution in [0.3, 0.4) is 0 Å². The van der Waals surface area contributed by atoms with E-state index in [1.54, 1.807) is 24.3 Å². The molecule has 0 saturated carbocycles. The van der Waals surface area contributed by atoms with Crippen LogP contribution in [-0.4, -0.2) is 30.6 Å². The number of aryl methyl sites for hydroxylation is 3. The van der Waals surface area contributed by atoms with Gasteiger partial charge in [0.2, 0.25) is 11.8 Å². The van der Waals surface area contributed by atoms with Crippen LogP contribution in [0.1, 0.15) is 29.5 Å². The molecule has 6 nitrogen and oxygen atoms in total. The molecule has 1 saturated heterocycles. The normalized spacial score (nSPS) is 17.2. The molecule has 0 spiro atoms. The van der Waals surface area contributed by atoms with Crippen LogP contribution in [0.15, 0.2) is 47.4 Å². The van der Waals surface area contributed by atoms with Crippen LogP contribution in [0, 0.1) is 20.8 Å². The molecule has 1 fully saturated rings. The van der Waals surface area contributed by atoms with Gasteiger partial charge in [-0.3, -0.25) is 9.59 Å². The highest BCUT2D eigenvalue weighted by atomic mass is 32.2. The quantitative estimate of drug-likeness (QED) is 0.876. The van der Waals surface area contributed by atoms with Crippen LogP contribution in [-0.2, 0) is 19.6 Å². The highest BCUT2D eigenvalue weighted by Crippen LogP contribution is 2.28. The maximum absolute atomic E-state index is 13.0. The molecule has 27 heavy (non-hydrogen) atoms. The van der Waals surface area contributed by atoms with Gasteiger partial charge in [0.25, 0.3) is 10.0 Å². The molecule has 0 aliphatic carbocycles. The Morgan fingerprint density at radius 1 is 1.00 bits per heavy atom. The summed E-state index contributed by atoms with van der Waals surface area (Å²) in [5, 5.41) is 2.75. The molecule has 0 aromatic heterocycles. The summed E-state index contributed by atoms with van der Waals surface area (Å²) < 4.78 is 26.6. The Balaban J connectivity index is 1.89. The van der Waals surface area contributed by atoms with Crippen molar-refractivity contribution in [3.05, 3.63) is 59.2 Å². The zero-order valence-corrected chi connectivity index (χ0v) is 16.3. The second kappa shape index (κ2) is 7.15. The highest BCUT2D eigenvalue weighted by Gasteiger charge is 2.44. The van der Waals surface area contributed by atoms with Crippen LogP contribution in [0.2, 0.25) is 0 Å². The van der Waals surface area contributed by atoms with E-state index in [-0.39, 0.29) is 17.7 Å². The van der Waals surface area contributed by atoms with Crippen molar-refractivity contribution in [3.63, 3.8) is 0 Å². The summed E-state index contributed by atoms with van der Waals surface area (Å²) in [6.07, 6.45) is 0.191. The second-order valence-corrected chi connectivity index (χ2v) is 8.74. The molecule has 2 amide bonds. The zero-order chi connectivity index (χ0) is 19.8. The number of benzene rings is 2. The van der Waals surface area contributed by atoms with E-state index in [1.165, 1.54) is 12.1 Å². The highest BCUT2D eigenvalue weighted by molar-refractivity contribution is 7.89. The van der Waals surface area contributed by atoms with Crippen LogP contribution in [0.5, 0.6) is 0 Å². The number of carbonyl (C=O) groups excluding carboxylic acids is 2. The Kier molecular flexibility index (Phi) is 5.06. The van der Waals surface area contributed by atoms with Gasteiger partial charge in [-0.15, -0.1) is 0 Å². The van der Waals surface area contributed by atoms with Gasteiger partial charge in [-0.25, -0.2) is 12.7 Å². The molecule has 2 aromatic rings. The van der Waals surface area contributed by atoms with Crippen LogP contribution < -0.4 is 5.32 Å². The van der Waals surface area contributed by atoms with E-state index in [1.807, 2.05) is 26.8 Å². The molecule has 1 aliphatic heterocycles. The van der Waals surface area contributed by atoms with Crippen LogP contribution in [0.4, 0.5) is 5.69 Å². The first kappa shape index (κ1) is 19.1. The van der Waals surface area contributed by atoms with Crippen molar-refractivity contribution in [2.24, 2.45) is 0 Å². The molecule has 3 rings (SSSR count). The van der Waals surface area contributed by atoms with E-state index in [0.29, 0.717) is 5.69 Å². The minimum Gasteiger partial charge on any atom is -0.324 e. The molecule has 1 atom stereocenters. The van der Waals surface area contributed by atoms with E-state index in [0.717, 1.165) is 21.0 Å². The Bertz CT molecular complexity index is 977. The standard InChI is InChI=1S/C20H22N2O4S/c1-13-4-6-17(7-5-13)27(25,26)22-18(8-9-19(22)23)20(24)21-16-11-14(2)10-15(3)12-16/h4-7,10-12,18H,8-9H2,1-3H3,(H,21,24)/t18-/m0/s1. The fourth-order valence-electron chi connectivity index (χ4n) is 3.30. The van der Waals surface area contributed by atoms with Crippen molar-refractivity contribution in [1.29, 1.82) is 0 Å². The van der Waals surface area contributed by atoms with Gasteiger partial charge < -0.3 is 5.32 Å². The van der Waals surface area contributed by atoms with Crippen molar-refractivity contribution in [2.75, 3.05) is 5.32 Å². The van der Waals surface area contributed by atoms with Crippen LogP contribution in [0.25, 0.3) is 0 Å². The maximum atomic E-state index is 13.0. The third-order valence-corrected chi connectivity index (χ3v) is 6.37. The fourth-order valence-corrected chi connectivity index (χ4v) is 4.90. The van der Waals surface area contributed by atoms with Gasteiger partial charge in [0.1, 0.15) is 6.04 Å². The monoisotopic (exact) mass is 386 g/mol. The molecular weight excluding hydrogens is 364 g/mol. The molecule has 7 heteroatoms. The molecule has 2 aromatic carbocycles. The Hall–Kier alpha value is -2.67. The summed E-state index contributed by atoms with van der Waals surface area (Å²) >= 11 is 0. The number of nitrogens with one attached hydrogen (secondary N) is 1.